The molecule has 2 N–H and O–H groups in total. The minimum Gasteiger partial charge on any atom is -0.479 e. The number of piperidine rings is 1. The first kappa shape index (κ1) is 9.45. The number of carbonyl (C=O) groups is 1. The van der Waals surface area contributed by atoms with E-state index in [0.717, 1.165) is 25.9 Å². The molecular formula is C8H14FNO2. The molecule has 0 radical (unpaired) electrons. The lowest BCUT2D eigenvalue weighted by Gasteiger charge is -2.22. The third kappa shape index (κ3) is 2.77. The summed E-state index contributed by atoms with van der Waals surface area (Å²) in [5.74, 6) is -1.08. The number of alkyl halides is 1. The molecule has 1 rings (SSSR count). The molecule has 0 aromatic heterocycles. The molecule has 1 aliphatic rings. The van der Waals surface area contributed by atoms with E-state index in [9.17, 15) is 9.18 Å². The van der Waals surface area contributed by atoms with Crippen molar-refractivity contribution in [3.8, 4) is 0 Å². The maximum Gasteiger partial charge on any atom is 0.338 e. The van der Waals surface area contributed by atoms with Crippen molar-refractivity contribution >= 4 is 5.97 Å². The Morgan fingerprint density at radius 1 is 1.58 bits per heavy atom. The van der Waals surface area contributed by atoms with Crippen molar-refractivity contribution in [1.82, 2.24) is 5.32 Å². The molecule has 70 valence electrons. The van der Waals surface area contributed by atoms with Gasteiger partial charge in [-0.15, -0.1) is 0 Å². The molecule has 0 aromatic carbocycles. The maximum atomic E-state index is 12.7. The van der Waals surface area contributed by atoms with E-state index >= 15 is 0 Å². The minimum atomic E-state index is -1.67. The molecule has 0 spiro atoms. The number of carboxylic acids is 1. The molecule has 0 aromatic rings. The van der Waals surface area contributed by atoms with Gasteiger partial charge >= 0.3 is 5.97 Å². The van der Waals surface area contributed by atoms with Gasteiger partial charge < -0.3 is 10.4 Å². The average molecular weight is 175 g/mol. The van der Waals surface area contributed by atoms with Crippen molar-refractivity contribution in [2.24, 2.45) is 5.92 Å². The van der Waals surface area contributed by atoms with E-state index in [4.69, 9.17) is 5.11 Å². The van der Waals surface area contributed by atoms with Crippen LogP contribution >= 0.6 is 0 Å². The van der Waals surface area contributed by atoms with E-state index in [1.165, 1.54) is 0 Å². The molecule has 1 fully saturated rings. The second-order valence-electron chi connectivity index (χ2n) is 3.23. The Morgan fingerprint density at radius 2 is 2.17 bits per heavy atom. The van der Waals surface area contributed by atoms with Crippen LogP contribution in [0.2, 0.25) is 0 Å². The van der Waals surface area contributed by atoms with Crippen molar-refractivity contribution in [2.75, 3.05) is 13.1 Å². The Labute approximate surface area is 71.0 Å². The molecule has 12 heavy (non-hydrogen) atoms. The van der Waals surface area contributed by atoms with Gasteiger partial charge in [-0.2, -0.15) is 0 Å². The zero-order valence-electron chi connectivity index (χ0n) is 6.92. The summed E-state index contributed by atoms with van der Waals surface area (Å²) in [6, 6.07) is 0. The van der Waals surface area contributed by atoms with Gasteiger partial charge in [-0.3, -0.25) is 0 Å². The third-order valence-corrected chi connectivity index (χ3v) is 2.27. The summed E-state index contributed by atoms with van der Waals surface area (Å²) >= 11 is 0. The van der Waals surface area contributed by atoms with E-state index in [2.05, 4.69) is 5.32 Å². The van der Waals surface area contributed by atoms with Gasteiger partial charge in [0.2, 0.25) is 0 Å². The minimum absolute atomic E-state index is 0.178. The highest BCUT2D eigenvalue weighted by molar-refractivity contribution is 5.71. The predicted octanol–water partition coefficient (Wildman–Crippen LogP) is 0.799. The number of nitrogens with one attached hydrogen (secondary N) is 1. The quantitative estimate of drug-likeness (QED) is 0.667. The van der Waals surface area contributed by atoms with Gasteiger partial charge in [-0.05, 0) is 38.3 Å². The standard InChI is InChI=1S/C8H14FNO2/c9-7(8(11)12)5-6-1-3-10-4-2-6/h6-7,10H,1-5H2,(H,11,12). The Kier molecular flexibility index (Phi) is 3.47. The Balaban J connectivity index is 2.24. The van der Waals surface area contributed by atoms with E-state index in [1.54, 1.807) is 0 Å². The van der Waals surface area contributed by atoms with Crippen molar-refractivity contribution < 1.29 is 14.3 Å². The van der Waals surface area contributed by atoms with Gasteiger partial charge in [0, 0.05) is 0 Å². The number of hydrogen-bond acceptors (Lipinski definition) is 2. The molecule has 0 aliphatic carbocycles. The van der Waals surface area contributed by atoms with Gasteiger partial charge in [0.1, 0.15) is 0 Å². The summed E-state index contributed by atoms with van der Waals surface area (Å²) in [5.41, 5.74) is 0. The normalized spacial score (nSPS) is 22.1. The maximum absolute atomic E-state index is 12.7. The number of rotatable bonds is 3. The van der Waals surface area contributed by atoms with Crippen molar-refractivity contribution in [3.63, 3.8) is 0 Å². The summed E-state index contributed by atoms with van der Waals surface area (Å²) < 4.78 is 12.7. The monoisotopic (exact) mass is 175 g/mol. The third-order valence-electron chi connectivity index (χ3n) is 2.27. The molecule has 3 nitrogen and oxygen atoms in total. The molecule has 0 saturated carbocycles. The Hall–Kier alpha value is -0.640. The first-order valence-electron chi connectivity index (χ1n) is 4.27. The van der Waals surface area contributed by atoms with E-state index in [0.29, 0.717) is 0 Å². The van der Waals surface area contributed by atoms with Crippen LogP contribution in [0.25, 0.3) is 0 Å². The highest BCUT2D eigenvalue weighted by atomic mass is 19.1. The zero-order valence-corrected chi connectivity index (χ0v) is 6.92. The highest BCUT2D eigenvalue weighted by Crippen LogP contribution is 2.19. The van der Waals surface area contributed by atoms with Crippen LogP contribution in [0.15, 0.2) is 0 Å². The molecule has 1 unspecified atom stereocenters. The number of halogens is 1. The lowest BCUT2D eigenvalue weighted by Crippen LogP contribution is -2.30. The van der Waals surface area contributed by atoms with Crippen molar-refractivity contribution in [1.29, 1.82) is 0 Å². The topological polar surface area (TPSA) is 49.3 Å². The van der Waals surface area contributed by atoms with Crippen LogP contribution in [-0.2, 0) is 4.79 Å². The second-order valence-corrected chi connectivity index (χ2v) is 3.23. The first-order chi connectivity index (χ1) is 5.70. The number of aliphatic carboxylic acids is 1. The number of carboxylic acid groups (broad SMARTS) is 1. The van der Waals surface area contributed by atoms with Gasteiger partial charge in [0.25, 0.3) is 0 Å². The Bertz CT molecular complexity index is 157. The van der Waals surface area contributed by atoms with Crippen LogP contribution in [0.4, 0.5) is 4.39 Å². The van der Waals surface area contributed by atoms with E-state index < -0.39 is 12.1 Å². The number of hydrogen-bond donors (Lipinski definition) is 2. The lowest BCUT2D eigenvalue weighted by atomic mass is 9.92. The SMILES string of the molecule is O=C(O)C(F)CC1CCNCC1. The molecule has 0 amide bonds. The second kappa shape index (κ2) is 4.40. The summed E-state index contributed by atoms with van der Waals surface area (Å²) in [5, 5.41) is 11.5. The molecule has 1 atom stereocenters. The Morgan fingerprint density at radius 3 is 2.67 bits per heavy atom. The van der Waals surface area contributed by atoms with Crippen molar-refractivity contribution in [2.45, 2.75) is 25.4 Å². The van der Waals surface area contributed by atoms with Crippen LogP contribution in [0.1, 0.15) is 19.3 Å². The molecule has 4 heteroatoms. The van der Waals surface area contributed by atoms with Gasteiger partial charge in [0.15, 0.2) is 6.17 Å². The van der Waals surface area contributed by atoms with E-state index in [-0.39, 0.29) is 12.3 Å². The van der Waals surface area contributed by atoms with Crippen LogP contribution in [-0.4, -0.2) is 30.3 Å². The predicted molar refractivity (Wildman–Crippen MR) is 42.7 cm³/mol. The van der Waals surface area contributed by atoms with Crippen LogP contribution in [0.5, 0.6) is 0 Å². The molecule has 1 heterocycles. The summed E-state index contributed by atoms with van der Waals surface area (Å²) in [4.78, 5) is 10.2. The molecule has 1 aliphatic heterocycles. The largest absolute Gasteiger partial charge is 0.479 e. The zero-order chi connectivity index (χ0) is 8.97. The fourth-order valence-corrected chi connectivity index (χ4v) is 1.51. The summed E-state index contributed by atoms with van der Waals surface area (Å²) in [7, 11) is 0. The van der Waals surface area contributed by atoms with E-state index in [1.807, 2.05) is 0 Å². The highest BCUT2D eigenvalue weighted by Gasteiger charge is 2.22. The van der Waals surface area contributed by atoms with Crippen LogP contribution in [0, 0.1) is 5.92 Å². The summed E-state index contributed by atoms with van der Waals surface area (Å²) in [6.45, 7) is 1.77. The van der Waals surface area contributed by atoms with Crippen LogP contribution < -0.4 is 5.32 Å². The summed E-state index contributed by atoms with van der Waals surface area (Å²) in [6.07, 6.45) is 0.298. The molecular weight excluding hydrogens is 161 g/mol. The van der Waals surface area contributed by atoms with Gasteiger partial charge in [-0.1, -0.05) is 0 Å². The fourth-order valence-electron chi connectivity index (χ4n) is 1.51. The smallest absolute Gasteiger partial charge is 0.338 e. The van der Waals surface area contributed by atoms with Gasteiger partial charge in [0.05, 0.1) is 0 Å². The average Bonchev–Trinajstić information content (AvgIpc) is 2.06. The fraction of sp³-hybridized carbons (Fsp3) is 0.875. The van der Waals surface area contributed by atoms with Crippen LogP contribution in [0.3, 0.4) is 0 Å². The van der Waals surface area contributed by atoms with Crippen molar-refractivity contribution in [3.05, 3.63) is 0 Å². The lowest BCUT2D eigenvalue weighted by molar-refractivity contribution is -0.143. The first-order valence-corrected chi connectivity index (χ1v) is 4.27. The molecule has 0 bridgehead atoms. The van der Waals surface area contributed by atoms with Gasteiger partial charge in [-0.25, -0.2) is 9.18 Å². The molecule has 1 saturated heterocycles.